The van der Waals surface area contributed by atoms with Crippen LogP contribution in [0.2, 0.25) is 0 Å². The minimum Gasteiger partial charge on any atom is -0.399 e. The Morgan fingerprint density at radius 1 is 1.04 bits per heavy atom. The summed E-state index contributed by atoms with van der Waals surface area (Å²) in [6, 6.07) is 11.0. The van der Waals surface area contributed by atoms with Gasteiger partial charge in [0.15, 0.2) is 0 Å². The average Bonchev–Trinajstić information content (AvgIpc) is 2.75. The zero-order chi connectivity index (χ0) is 18.2. The molecule has 1 aliphatic heterocycles. The van der Waals surface area contributed by atoms with Gasteiger partial charge < -0.3 is 14.6 Å². The van der Waals surface area contributed by atoms with Crippen LogP contribution in [0, 0.1) is 6.92 Å². The summed E-state index contributed by atoms with van der Waals surface area (Å²) in [5.74, 6) is 0.346. The van der Waals surface area contributed by atoms with Gasteiger partial charge in [0.05, 0.1) is 11.2 Å². The molecule has 0 radical (unpaired) electrons. The minimum absolute atomic E-state index is 0.196. The molecule has 0 saturated carbocycles. The third kappa shape index (κ3) is 3.60. The first kappa shape index (κ1) is 17.6. The van der Waals surface area contributed by atoms with Crippen molar-refractivity contribution in [1.82, 2.24) is 4.98 Å². The maximum atomic E-state index is 12.4. The van der Waals surface area contributed by atoms with E-state index < -0.39 is 7.12 Å². The van der Waals surface area contributed by atoms with Crippen molar-refractivity contribution >= 4 is 24.3 Å². The molecule has 130 valence electrons. The third-order valence-electron chi connectivity index (χ3n) is 4.86. The normalized spacial score (nSPS) is 18.2. The Morgan fingerprint density at radius 3 is 2.20 bits per heavy atom. The molecule has 0 unspecified atom stereocenters. The van der Waals surface area contributed by atoms with Gasteiger partial charge in [0.25, 0.3) is 5.91 Å². The van der Waals surface area contributed by atoms with Crippen LogP contribution in [0.3, 0.4) is 0 Å². The highest BCUT2D eigenvalue weighted by Gasteiger charge is 2.51. The van der Waals surface area contributed by atoms with Crippen LogP contribution in [0.25, 0.3) is 0 Å². The van der Waals surface area contributed by atoms with Gasteiger partial charge in [-0.3, -0.25) is 4.79 Å². The van der Waals surface area contributed by atoms with Crippen molar-refractivity contribution in [1.29, 1.82) is 0 Å². The number of benzene rings is 1. The minimum atomic E-state index is -0.430. The third-order valence-corrected chi connectivity index (χ3v) is 4.86. The van der Waals surface area contributed by atoms with Gasteiger partial charge >= 0.3 is 7.12 Å². The summed E-state index contributed by atoms with van der Waals surface area (Å²) < 4.78 is 12.1. The summed E-state index contributed by atoms with van der Waals surface area (Å²) in [6.07, 6.45) is 1.67. The van der Waals surface area contributed by atoms with Crippen LogP contribution in [0.15, 0.2) is 42.6 Å². The number of carbonyl (C=O) groups excluding carboxylic acids is 1. The van der Waals surface area contributed by atoms with Gasteiger partial charge in [0, 0.05) is 11.8 Å². The number of pyridine rings is 1. The van der Waals surface area contributed by atoms with Gasteiger partial charge in [-0.2, -0.15) is 0 Å². The number of anilines is 1. The highest BCUT2D eigenvalue weighted by atomic mass is 16.7. The van der Waals surface area contributed by atoms with Crippen molar-refractivity contribution in [3.63, 3.8) is 0 Å². The van der Waals surface area contributed by atoms with E-state index in [0.717, 1.165) is 11.0 Å². The summed E-state index contributed by atoms with van der Waals surface area (Å²) in [6.45, 7) is 10.0. The molecule has 0 atom stereocenters. The number of amides is 1. The van der Waals surface area contributed by atoms with Crippen LogP contribution < -0.4 is 10.8 Å². The molecule has 1 saturated heterocycles. The Balaban J connectivity index is 1.71. The molecular weight excluding hydrogens is 315 g/mol. The monoisotopic (exact) mass is 338 g/mol. The van der Waals surface area contributed by atoms with E-state index in [0.29, 0.717) is 11.4 Å². The fourth-order valence-corrected chi connectivity index (χ4v) is 2.56. The topological polar surface area (TPSA) is 60.5 Å². The second-order valence-electron chi connectivity index (χ2n) is 7.38. The van der Waals surface area contributed by atoms with E-state index >= 15 is 0 Å². The van der Waals surface area contributed by atoms with E-state index in [1.807, 2.05) is 58.9 Å². The summed E-state index contributed by atoms with van der Waals surface area (Å²) in [5.41, 5.74) is 1.73. The Kier molecular flexibility index (Phi) is 4.43. The van der Waals surface area contributed by atoms with Crippen molar-refractivity contribution in [3.8, 4) is 0 Å². The van der Waals surface area contributed by atoms with E-state index in [1.165, 1.54) is 0 Å². The molecule has 6 heteroatoms. The number of hydrogen-bond donors (Lipinski definition) is 1. The molecule has 0 spiro atoms. The standard InChI is InChI=1S/C19H23BN2O3/c1-13-10-11-21-16(12-13)22-17(23)14-6-8-15(9-7-14)20-24-18(2,3)19(4,5)25-20/h6-12H,1-5H3,(H,21,22,23). The Labute approximate surface area is 148 Å². The maximum Gasteiger partial charge on any atom is 0.494 e. The molecule has 1 N–H and O–H groups in total. The maximum absolute atomic E-state index is 12.4. The molecule has 5 nitrogen and oxygen atoms in total. The van der Waals surface area contributed by atoms with Crippen LogP contribution in [0.4, 0.5) is 5.82 Å². The van der Waals surface area contributed by atoms with E-state index in [9.17, 15) is 4.79 Å². The Bertz CT molecular complexity index is 772. The van der Waals surface area contributed by atoms with E-state index in [1.54, 1.807) is 18.3 Å². The lowest BCUT2D eigenvalue weighted by molar-refractivity contribution is 0.00578. The van der Waals surface area contributed by atoms with Crippen LogP contribution in [0.1, 0.15) is 43.6 Å². The van der Waals surface area contributed by atoms with Crippen LogP contribution in [-0.2, 0) is 9.31 Å². The molecule has 2 aromatic rings. The first-order chi connectivity index (χ1) is 11.7. The van der Waals surface area contributed by atoms with E-state index in [-0.39, 0.29) is 17.1 Å². The van der Waals surface area contributed by atoms with Gasteiger partial charge in [0.1, 0.15) is 5.82 Å². The summed E-state index contributed by atoms with van der Waals surface area (Å²) in [5, 5.41) is 2.80. The largest absolute Gasteiger partial charge is 0.494 e. The predicted molar refractivity (Wildman–Crippen MR) is 99.1 cm³/mol. The molecule has 1 fully saturated rings. The molecule has 3 rings (SSSR count). The Morgan fingerprint density at radius 2 is 1.64 bits per heavy atom. The van der Waals surface area contributed by atoms with Gasteiger partial charge in [-0.05, 0) is 69.9 Å². The van der Waals surface area contributed by atoms with Crippen LogP contribution >= 0.6 is 0 Å². The van der Waals surface area contributed by atoms with E-state index in [2.05, 4.69) is 10.3 Å². The molecule has 1 aliphatic rings. The number of nitrogens with one attached hydrogen (secondary N) is 1. The summed E-state index contributed by atoms with van der Waals surface area (Å²) in [4.78, 5) is 16.5. The molecule has 1 aromatic heterocycles. The zero-order valence-corrected chi connectivity index (χ0v) is 15.3. The highest BCUT2D eigenvalue weighted by Crippen LogP contribution is 2.36. The predicted octanol–water partition coefficient (Wildman–Crippen LogP) is 2.94. The first-order valence-corrected chi connectivity index (χ1v) is 8.37. The number of aromatic nitrogens is 1. The summed E-state index contributed by atoms with van der Waals surface area (Å²) >= 11 is 0. The van der Waals surface area contributed by atoms with Crippen LogP contribution in [0.5, 0.6) is 0 Å². The Hall–Kier alpha value is -2.18. The fourth-order valence-electron chi connectivity index (χ4n) is 2.56. The lowest BCUT2D eigenvalue weighted by atomic mass is 9.79. The molecule has 25 heavy (non-hydrogen) atoms. The second kappa shape index (κ2) is 6.28. The van der Waals surface area contributed by atoms with Crippen molar-refractivity contribution in [2.24, 2.45) is 0 Å². The molecule has 1 amide bonds. The van der Waals surface area contributed by atoms with E-state index in [4.69, 9.17) is 9.31 Å². The SMILES string of the molecule is Cc1ccnc(NC(=O)c2ccc(B3OC(C)(C)C(C)(C)O3)cc2)c1. The van der Waals surface area contributed by atoms with Crippen molar-refractivity contribution < 1.29 is 14.1 Å². The van der Waals surface area contributed by atoms with Crippen molar-refractivity contribution in [3.05, 3.63) is 53.7 Å². The zero-order valence-electron chi connectivity index (χ0n) is 15.3. The molecule has 0 aliphatic carbocycles. The van der Waals surface area contributed by atoms with Gasteiger partial charge in [-0.15, -0.1) is 0 Å². The van der Waals surface area contributed by atoms with Gasteiger partial charge in [-0.1, -0.05) is 12.1 Å². The lowest BCUT2D eigenvalue weighted by Crippen LogP contribution is -2.41. The molecular formula is C19H23BN2O3. The summed E-state index contributed by atoms with van der Waals surface area (Å²) in [7, 11) is -0.430. The second-order valence-corrected chi connectivity index (χ2v) is 7.38. The number of aryl methyl sites for hydroxylation is 1. The quantitative estimate of drug-likeness (QED) is 0.874. The van der Waals surface area contributed by atoms with Crippen molar-refractivity contribution in [2.75, 3.05) is 5.32 Å². The molecule has 0 bridgehead atoms. The van der Waals surface area contributed by atoms with Gasteiger partial charge in [0.2, 0.25) is 0 Å². The van der Waals surface area contributed by atoms with Gasteiger partial charge in [-0.25, -0.2) is 4.98 Å². The molecule has 1 aromatic carbocycles. The smallest absolute Gasteiger partial charge is 0.399 e. The number of nitrogens with zero attached hydrogens (tertiary/aromatic N) is 1. The first-order valence-electron chi connectivity index (χ1n) is 8.37. The number of hydrogen-bond acceptors (Lipinski definition) is 4. The lowest BCUT2D eigenvalue weighted by Gasteiger charge is -2.32. The number of rotatable bonds is 3. The average molecular weight is 338 g/mol. The molecule has 2 heterocycles. The fraction of sp³-hybridized carbons (Fsp3) is 0.368. The van der Waals surface area contributed by atoms with Crippen LogP contribution in [-0.4, -0.2) is 29.2 Å². The number of carbonyl (C=O) groups is 1. The van der Waals surface area contributed by atoms with Crippen molar-refractivity contribution in [2.45, 2.75) is 45.8 Å². The highest BCUT2D eigenvalue weighted by molar-refractivity contribution is 6.62.